The number of nitrogens with zero attached hydrogens (tertiary/aromatic N) is 3. The number of allylic oxidation sites excluding steroid dienone is 7. The number of benzene rings is 2. The molecule has 8 heteroatoms. The molecular weight excluding hydrogens is 759 g/mol. The van der Waals surface area contributed by atoms with Gasteiger partial charge >= 0.3 is 0 Å². The molecule has 1 aliphatic carbocycles. The van der Waals surface area contributed by atoms with Crippen molar-refractivity contribution in [2.24, 2.45) is 12.5 Å². The minimum atomic E-state index is -0.235. The molecule has 0 spiro atoms. The van der Waals surface area contributed by atoms with Crippen molar-refractivity contribution in [2.45, 2.75) is 111 Å². The highest BCUT2D eigenvalue weighted by atomic mass is 16.5. The molecule has 2 aromatic carbocycles. The van der Waals surface area contributed by atoms with Crippen LogP contribution in [0.2, 0.25) is 0 Å². The first-order valence-electron chi connectivity index (χ1n) is 22.5. The maximum Gasteiger partial charge on any atom is 0.210 e. The van der Waals surface area contributed by atoms with E-state index in [1.807, 2.05) is 13.8 Å². The Morgan fingerprint density at radius 3 is 2.10 bits per heavy atom. The fourth-order valence-electron chi connectivity index (χ4n) is 9.22. The van der Waals surface area contributed by atoms with Crippen LogP contribution in [-0.4, -0.2) is 64.0 Å². The molecule has 0 radical (unpaired) electrons. The van der Waals surface area contributed by atoms with Crippen molar-refractivity contribution < 1.29 is 32.8 Å². The van der Waals surface area contributed by atoms with Crippen molar-refractivity contribution in [3.05, 3.63) is 125 Å². The predicted octanol–water partition coefficient (Wildman–Crippen LogP) is 11.2. The smallest absolute Gasteiger partial charge is 0.210 e. The molecule has 0 saturated carbocycles. The minimum Gasteiger partial charge on any atom is -0.494 e. The molecule has 3 aromatic rings. The van der Waals surface area contributed by atoms with Crippen LogP contribution in [0.15, 0.2) is 108 Å². The highest BCUT2D eigenvalue weighted by Crippen LogP contribution is 2.50. The van der Waals surface area contributed by atoms with Gasteiger partial charge in [0.1, 0.15) is 30.4 Å². The monoisotopic (exact) mass is 832 g/mol. The van der Waals surface area contributed by atoms with Crippen LogP contribution in [0.3, 0.4) is 0 Å². The number of anilines is 1. The lowest BCUT2D eigenvalue weighted by atomic mass is 9.81. The first-order valence-corrected chi connectivity index (χ1v) is 22.5. The number of hydrogen-bond donors (Lipinski definition) is 0. The highest BCUT2D eigenvalue weighted by molar-refractivity contribution is 6.03. The average Bonchev–Trinajstić information content (AvgIpc) is 3.76. The molecule has 3 aliphatic rings. The molecule has 1 aromatic heterocycles. The summed E-state index contributed by atoms with van der Waals surface area (Å²) in [4.78, 5) is 2.49. The normalized spacial score (nSPS) is 18.8. The average molecular weight is 832 g/mol. The lowest BCUT2D eigenvalue weighted by molar-refractivity contribution is -0.671. The predicted molar refractivity (Wildman–Crippen MR) is 248 cm³/mol. The highest BCUT2D eigenvalue weighted by Gasteiger charge is 2.45. The topological polar surface area (TPSA) is 56.3 Å². The zero-order valence-electron chi connectivity index (χ0n) is 39.3. The third kappa shape index (κ3) is 10.3. The summed E-state index contributed by atoms with van der Waals surface area (Å²) in [5.74, 6) is 2.82. The van der Waals surface area contributed by atoms with Gasteiger partial charge in [-0.2, -0.15) is 4.58 Å². The lowest BCUT2D eigenvalue weighted by Gasteiger charge is -2.28. The molecule has 328 valence electrons. The molecule has 2 aliphatic heterocycles. The standard InChI is InChI=1S/C53H73N3O5/c1-13-59-41-21-23-45-43(35-41)52(6,7)48(55(45)29-15-33-57-11)25-19-39-17-18-40(50(39)61-47(37-51(3,4)5)38-27-31-54(10)32-28-38)20-26-49-53(8,9)44-36-42(60-14-2)22-24-46(44)56(49)30-16-34-58-12/h19-28,31-32,35-36,47H,13-18,29-30,33-34,37H2,1-12H3/q+2. The van der Waals surface area contributed by atoms with Crippen LogP contribution >= 0.6 is 0 Å². The van der Waals surface area contributed by atoms with Crippen molar-refractivity contribution >= 4 is 17.1 Å². The SMILES string of the molecule is CCOc1ccc2c(c1)C(C)(C)C(/C=C/C1=C(OC(CC(C)(C)C)c3cc[n+](C)cc3)C(=C/C=C3/N(CCCOC)c4ccc(OCC)cc4C3(C)C)/CC1)=[N+]2CCCOC. The van der Waals surface area contributed by atoms with Gasteiger partial charge in [-0.05, 0) is 118 Å². The van der Waals surface area contributed by atoms with Gasteiger partial charge in [-0.3, -0.25) is 0 Å². The fraction of sp³-hybridized carbons (Fsp3) is 0.509. The largest absolute Gasteiger partial charge is 0.494 e. The van der Waals surface area contributed by atoms with Crippen molar-refractivity contribution in [3.8, 4) is 11.5 Å². The summed E-state index contributed by atoms with van der Waals surface area (Å²) in [6.07, 6.45) is 18.1. The van der Waals surface area contributed by atoms with Crippen molar-refractivity contribution in [1.82, 2.24) is 0 Å². The summed E-state index contributed by atoms with van der Waals surface area (Å²) in [5, 5.41) is 0. The first-order chi connectivity index (χ1) is 29.1. The van der Waals surface area contributed by atoms with Gasteiger partial charge in [0, 0.05) is 86.0 Å². The molecule has 8 nitrogen and oxygen atoms in total. The number of aromatic nitrogens is 1. The van der Waals surface area contributed by atoms with Crippen LogP contribution in [0.1, 0.15) is 117 Å². The molecule has 6 rings (SSSR count). The number of methoxy groups -OCH3 is 2. The molecule has 0 fully saturated rings. The Bertz CT molecular complexity index is 2170. The molecule has 0 N–H and O–H groups in total. The minimum absolute atomic E-state index is 0.0466. The van der Waals surface area contributed by atoms with Crippen molar-refractivity contribution in [2.75, 3.05) is 58.6 Å². The van der Waals surface area contributed by atoms with E-state index >= 15 is 0 Å². The van der Waals surface area contributed by atoms with Crippen LogP contribution in [0, 0.1) is 5.41 Å². The van der Waals surface area contributed by atoms with E-state index in [4.69, 9.17) is 23.7 Å². The molecule has 61 heavy (non-hydrogen) atoms. The molecule has 3 heterocycles. The summed E-state index contributed by atoms with van der Waals surface area (Å²) in [5.41, 5.74) is 10.8. The van der Waals surface area contributed by atoms with E-state index in [1.165, 1.54) is 50.6 Å². The summed E-state index contributed by atoms with van der Waals surface area (Å²) in [6.45, 7) is 24.8. The molecule has 0 amide bonds. The third-order valence-corrected chi connectivity index (χ3v) is 12.4. The molecule has 0 bridgehead atoms. The number of rotatable bonds is 19. The fourth-order valence-corrected chi connectivity index (χ4v) is 9.22. The van der Waals surface area contributed by atoms with Gasteiger partial charge in [-0.25, -0.2) is 4.57 Å². The lowest BCUT2D eigenvalue weighted by Crippen LogP contribution is -2.28. The molecule has 1 unspecified atom stereocenters. The van der Waals surface area contributed by atoms with Crippen LogP contribution in [0.4, 0.5) is 11.4 Å². The van der Waals surface area contributed by atoms with Crippen molar-refractivity contribution in [1.29, 1.82) is 0 Å². The second-order valence-electron chi connectivity index (χ2n) is 19.0. The number of ether oxygens (including phenoxy) is 5. The van der Waals surface area contributed by atoms with Gasteiger partial charge in [0.05, 0.1) is 25.2 Å². The van der Waals surface area contributed by atoms with Gasteiger partial charge in [0.2, 0.25) is 5.69 Å². The van der Waals surface area contributed by atoms with E-state index in [0.29, 0.717) is 26.4 Å². The Balaban J connectivity index is 1.47. The maximum absolute atomic E-state index is 7.41. The van der Waals surface area contributed by atoms with E-state index < -0.39 is 0 Å². The van der Waals surface area contributed by atoms with E-state index in [0.717, 1.165) is 62.5 Å². The zero-order valence-corrected chi connectivity index (χ0v) is 39.3. The van der Waals surface area contributed by atoms with Crippen molar-refractivity contribution in [3.63, 3.8) is 0 Å². The summed E-state index contributed by atoms with van der Waals surface area (Å²) in [7, 11) is 5.62. The number of hydrogen-bond acceptors (Lipinski definition) is 6. The van der Waals surface area contributed by atoms with Crippen LogP contribution < -0.4 is 18.9 Å². The Hall–Kier alpha value is -4.66. The quantitative estimate of drug-likeness (QED) is 0.0886. The summed E-state index contributed by atoms with van der Waals surface area (Å²) in [6, 6.07) is 17.5. The van der Waals surface area contributed by atoms with Gasteiger partial charge < -0.3 is 28.6 Å². The number of fused-ring (bicyclic) bond motifs is 2. The zero-order chi connectivity index (χ0) is 44.0. The summed E-state index contributed by atoms with van der Waals surface area (Å²) < 4.78 is 35.0. The van der Waals surface area contributed by atoms with E-state index in [-0.39, 0.29) is 22.3 Å². The number of pyridine rings is 1. The summed E-state index contributed by atoms with van der Waals surface area (Å²) >= 11 is 0. The Kier molecular flexibility index (Phi) is 14.7. The van der Waals surface area contributed by atoms with Gasteiger partial charge in [0.15, 0.2) is 24.7 Å². The van der Waals surface area contributed by atoms with Gasteiger partial charge in [-0.1, -0.05) is 40.7 Å². The number of aryl methyl sites for hydroxylation is 1. The van der Waals surface area contributed by atoms with Crippen LogP contribution in [-0.2, 0) is 32.1 Å². The Morgan fingerprint density at radius 2 is 1.44 bits per heavy atom. The first kappa shape index (κ1) is 45.9. The molecule has 0 saturated heterocycles. The Morgan fingerprint density at radius 1 is 0.787 bits per heavy atom. The molecule has 1 atom stereocenters. The van der Waals surface area contributed by atoms with E-state index in [9.17, 15) is 0 Å². The maximum atomic E-state index is 7.41. The Labute approximate surface area is 367 Å². The molecular formula is C53H73N3O5+2. The van der Waals surface area contributed by atoms with E-state index in [1.54, 1.807) is 14.2 Å². The van der Waals surface area contributed by atoms with Gasteiger partial charge in [-0.15, -0.1) is 0 Å². The third-order valence-electron chi connectivity index (χ3n) is 12.4. The second-order valence-corrected chi connectivity index (χ2v) is 19.0. The second kappa shape index (κ2) is 19.6. The van der Waals surface area contributed by atoms with Crippen LogP contribution in [0.25, 0.3) is 0 Å². The van der Waals surface area contributed by atoms with E-state index in [2.05, 4.69) is 155 Å². The van der Waals surface area contributed by atoms with Crippen LogP contribution in [0.5, 0.6) is 11.5 Å². The van der Waals surface area contributed by atoms with Gasteiger partial charge in [0.25, 0.3) is 0 Å².